The summed E-state index contributed by atoms with van der Waals surface area (Å²) >= 11 is 0. The summed E-state index contributed by atoms with van der Waals surface area (Å²) in [5, 5.41) is 0. The maximum absolute atomic E-state index is 12.3. The zero-order chi connectivity index (χ0) is 16.4. The van der Waals surface area contributed by atoms with Crippen molar-refractivity contribution in [3.05, 3.63) is 11.1 Å². The van der Waals surface area contributed by atoms with Gasteiger partial charge in [0, 0.05) is 5.57 Å². The van der Waals surface area contributed by atoms with Crippen LogP contribution >= 0.6 is 0 Å². The quantitative estimate of drug-likeness (QED) is 0.478. The van der Waals surface area contributed by atoms with E-state index < -0.39 is 5.97 Å². The SMILES string of the molecule is CCCOC(=O)/C(CC(C)C)=C(\C(=O)OCCC)C(C)C. The molecule has 0 atom stereocenters. The fraction of sp³-hybridized carbons (Fsp3) is 0.765. The summed E-state index contributed by atoms with van der Waals surface area (Å²) in [6.07, 6.45) is 2.05. The third-order valence-electron chi connectivity index (χ3n) is 2.86. The van der Waals surface area contributed by atoms with E-state index in [9.17, 15) is 9.59 Å². The average Bonchev–Trinajstić information content (AvgIpc) is 2.40. The number of carbonyl (C=O) groups excluding carboxylic acids is 2. The first-order valence-electron chi connectivity index (χ1n) is 7.92. The molecular formula is C17H30O4. The summed E-state index contributed by atoms with van der Waals surface area (Å²) in [6, 6.07) is 0. The van der Waals surface area contributed by atoms with Gasteiger partial charge in [-0.3, -0.25) is 0 Å². The molecule has 0 unspecified atom stereocenters. The van der Waals surface area contributed by atoms with Gasteiger partial charge in [0.15, 0.2) is 0 Å². The van der Waals surface area contributed by atoms with E-state index in [0.29, 0.717) is 30.8 Å². The lowest BCUT2D eigenvalue weighted by atomic mass is 9.91. The Morgan fingerprint density at radius 1 is 0.857 bits per heavy atom. The largest absolute Gasteiger partial charge is 0.462 e. The number of hydrogen-bond donors (Lipinski definition) is 0. The lowest BCUT2D eigenvalue weighted by molar-refractivity contribution is -0.143. The summed E-state index contributed by atoms with van der Waals surface area (Å²) in [7, 11) is 0. The number of hydrogen-bond acceptors (Lipinski definition) is 4. The van der Waals surface area contributed by atoms with Crippen LogP contribution in [-0.2, 0) is 19.1 Å². The average molecular weight is 298 g/mol. The Hall–Kier alpha value is -1.32. The van der Waals surface area contributed by atoms with E-state index in [4.69, 9.17) is 9.47 Å². The fourth-order valence-electron chi connectivity index (χ4n) is 1.97. The minimum atomic E-state index is -0.393. The van der Waals surface area contributed by atoms with E-state index in [-0.39, 0.29) is 17.8 Å². The van der Waals surface area contributed by atoms with Crippen LogP contribution in [0.5, 0.6) is 0 Å². The van der Waals surface area contributed by atoms with Gasteiger partial charge >= 0.3 is 11.9 Å². The van der Waals surface area contributed by atoms with Crippen molar-refractivity contribution >= 4 is 11.9 Å². The molecule has 0 aromatic rings. The van der Waals surface area contributed by atoms with Crippen LogP contribution in [0.2, 0.25) is 0 Å². The van der Waals surface area contributed by atoms with Crippen molar-refractivity contribution in [2.75, 3.05) is 13.2 Å². The molecule has 0 N–H and O–H groups in total. The third kappa shape index (κ3) is 7.30. The minimum Gasteiger partial charge on any atom is -0.462 e. The monoisotopic (exact) mass is 298 g/mol. The topological polar surface area (TPSA) is 52.6 Å². The number of esters is 2. The molecule has 0 radical (unpaired) electrons. The third-order valence-corrected chi connectivity index (χ3v) is 2.86. The van der Waals surface area contributed by atoms with Crippen LogP contribution in [0.25, 0.3) is 0 Å². The van der Waals surface area contributed by atoms with Crippen LogP contribution in [0.15, 0.2) is 11.1 Å². The number of ether oxygens (including phenoxy) is 2. The van der Waals surface area contributed by atoms with Crippen molar-refractivity contribution in [3.63, 3.8) is 0 Å². The molecule has 122 valence electrons. The molecule has 0 bridgehead atoms. The Labute approximate surface area is 128 Å². The Morgan fingerprint density at radius 3 is 1.71 bits per heavy atom. The van der Waals surface area contributed by atoms with Crippen LogP contribution in [0.4, 0.5) is 0 Å². The van der Waals surface area contributed by atoms with Crippen molar-refractivity contribution in [1.29, 1.82) is 0 Å². The maximum Gasteiger partial charge on any atom is 0.334 e. The Kier molecular flexibility index (Phi) is 9.76. The van der Waals surface area contributed by atoms with Gasteiger partial charge in [-0.1, -0.05) is 41.5 Å². The predicted octanol–water partition coefficient (Wildman–Crippen LogP) is 3.89. The van der Waals surface area contributed by atoms with E-state index in [1.54, 1.807) is 0 Å². The summed E-state index contributed by atoms with van der Waals surface area (Å²) in [4.78, 5) is 24.5. The second kappa shape index (κ2) is 10.4. The summed E-state index contributed by atoms with van der Waals surface area (Å²) in [5.41, 5.74) is 0.924. The lowest BCUT2D eigenvalue weighted by Crippen LogP contribution is -2.21. The first-order chi connectivity index (χ1) is 9.84. The molecule has 4 nitrogen and oxygen atoms in total. The normalized spacial score (nSPS) is 12.4. The first kappa shape index (κ1) is 19.7. The van der Waals surface area contributed by atoms with Gasteiger partial charge in [0.25, 0.3) is 0 Å². The van der Waals surface area contributed by atoms with E-state index in [1.165, 1.54) is 0 Å². The molecule has 0 amide bonds. The van der Waals surface area contributed by atoms with Gasteiger partial charge in [0.2, 0.25) is 0 Å². The molecule has 0 saturated carbocycles. The van der Waals surface area contributed by atoms with Gasteiger partial charge in [-0.25, -0.2) is 9.59 Å². The Bertz CT molecular complexity index is 367. The Morgan fingerprint density at radius 2 is 1.33 bits per heavy atom. The molecule has 0 aliphatic heterocycles. The molecule has 0 aliphatic rings. The zero-order valence-electron chi connectivity index (χ0n) is 14.3. The van der Waals surface area contributed by atoms with Crippen molar-refractivity contribution < 1.29 is 19.1 Å². The molecule has 4 heteroatoms. The molecule has 0 aliphatic carbocycles. The first-order valence-corrected chi connectivity index (χ1v) is 7.92. The van der Waals surface area contributed by atoms with Crippen molar-refractivity contribution in [2.24, 2.45) is 11.8 Å². The second-order valence-electron chi connectivity index (χ2n) is 5.92. The second-order valence-corrected chi connectivity index (χ2v) is 5.92. The van der Waals surface area contributed by atoms with Crippen molar-refractivity contribution in [1.82, 2.24) is 0 Å². The van der Waals surface area contributed by atoms with Gasteiger partial charge in [0.05, 0.1) is 18.8 Å². The molecule has 0 fully saturated rings. The molecule has 21 heavy (non-hydrogen) atoms. The van der Waals surface area contributed by atoms with Crippen LogP contribution in [0, 0.1) is 11.8 Å². The molecule has 0 aromatic heterocycles. The van der Waals surface area contributed by atoms with Gasteiger partial charge in [-0.15, -0.1) is 0 Å². The molecule has 0 rings (SSSR count). The van der Waals surface area contributed by atoms with Gasteiger partial charge in [-0.05, 0) is 31.1 Å². The highest BCUT2D eigenvalue weighted by Crippen LogP contribution is 2.24. The minimum absolute atomic E-state index is 0.0720. The van der Waals surface area contributed by atoms with E-state index in [1.807, 2.05) is 41.5 Å². The number of carbonyl (C=O) groups is 2. The van der Waals surface area contributed by atoms with E-state index in [2.05, 4.69) is 0 Å². The highest BCUT2D eigenvalue weighted by molar-refractivity contribution is 6.00. The highest BCUT2D eigenvalue weighted by atomic mass is 16.5. The molecule has 0 spiro atoms. The fourth-order valence-corrected chi connectivity index (χ4v) is 1.97. The standard InChI is InChI=1S/C17H30O4/c1-7-9-20-16(18)14(11-12(3)4)15(13(5)6)17(19)21-10-8-2/h12-13H,7-11H2,1-6H3/b15-14-. The summed E-state index contributed by atoms with van der Waals surface area (Å²) in [6.45, 7) is 12.5. The van der Waals surface area contributed by atoms with Crippen molar-refractivity contribution in [3.8, 4) is 0 Å². The zero-order valence-corrected chi connectivity index (χ0v) is 14.3. The molecule has 0 heterocycles. The molecule has 0 saturated heterocycles. The van der Waals surface area contributed by atoms with E-state index >= 15 is 0 Å². The molecule has 0 aromatic carbocycles. The van der Waals surface area contributed by atoms with Gasteiger partial charge in [-0.2, -0.15) is 0 Å². The van der Waals surface area contributed by atoms with Crippen LogP contribution < -0.4 is 0 Å². The summed E-state index contributed by atoms with van der Waals surface area (Å²) < 4.78 is 10.5. The number of rotatable bonds is 9. The highest BCUT2D eigenvalue weighted by Gasteiger charge is 2.26. The van der Waals surface area contributed by atoms with Crippen LogP contribution in [-0.4, -0.2) is 25.2 Å². The van der Waals surface area contributed by atoms with Crippen LogP contribution in [0.3, 0.4) is 0 Å². The predicted molar refractivity (Wildman–Crippen MR) is 83.8 cm³/mol. The van der Waals surface area contributed by atoms with Crippen molar-refractivity contribution in [2.45, 2.75) is 60.8 Å². The maximum atomic E-state index is 12.3. The molecular weight excluding hydrogens is 268 g/mol. The lowest BCUT2D eigenvalue weighted by Gasteiger charge is -2.18. The van der Waals surface area contributed by atoms with E-state index in [0.717, 1.165) is 12.8 Å². The summed E-state index contributed by atoms with van der Waals surface area (Å²) in [5.74, 6) is -0.585. The van der Waals surface area contributed by atoms with Crippen LogP contribution in [0.1, 0.15) is 60.8 Å². The van der Waals surface area contributed by atoms with Gasteiger partial charge < -0.3 is 9.47 Å². The van der Waals surface area contributed by atoms with Gasteiger partial charge in [0.1, 0.15) is 0 Å². The Balaban J connectivity index is 5.47. The smallest absolute Gasteiger partial charge is 0.334 e.